The van der Waals surface area contributed by atoms with Crippen molar-refractivity contribution in [1.29, 1.82) is 0 Å². The average Bonchev–Trinajstić information content (AvgIpc) is 3.03. The number of carboxylic acid groups (broad SMARTS) is 2. The first kappa shape index (κ1) is 20.1. The molecule has 2 aromatic heterocycles. The van der Waals surface area contributed by atoms with E-state index >= 15 is 0 Å². The molecule has 1 fully saturated rings. The molecule has 0 unspecified atom stereocenters. The van der Waals surface area contributed by atoms with Crippen LogP contribution in [-0.2, 0) is 17.1 Å². The monoisotopic (exact) mass is 421 g/mol. The minimum Gasteiger partial charge on any atom is -0.450 e. The number of thiophene rings is 1. The average molecular weight is 422 g/mol. The van der Waals surface area contributed by atoms with Crippen LogP contribution in [0.5, 0.6) is 0 Å². The van der Waals surface area contributed by atoms with E-state index < -0.39 is 16.2 Å². The topological polar surface area (TPSA) is 122 Å². The maximum atomic E-state index is 12.6. The maximum Gasteiger partial charge on any atom is 0.503 e. The van der Waals surface area contributed by atoms with E-state index in [-0.39, 0.29) is 12.0 Å². The molecule has 0 saturated heterocycles. The third-order valence-electron chi connectivity index (χ3n) is 4.16. The molecule has 0 radical (unpaired) electrons. The summed E-state index contributed by atoms with van der Waals surface area (Å²) in [5.74, 6) is 0.277. The minimum atomic E-state index is -3.48. The van der Waals surface area contributed by atoms with Crippen molar-refractivity contribution in [2.75, 3.05) is 0 Å². The van der Waals surface area contributed by atoms with Gasteiger partial charge in [-0.2, -0.15) is 5.10 Å². The van der Waals surface area contributed by atoms with Gasteiger partial charge >= 0.3 is 6.16 Å². The number of aryl methyl sites for hydroxylation is 1. The van der Waals surface area contributed by atoms with Gasteiger partial charge in [0.1, 0.15) is 4.21 Å². The molecule has 0 bridgehead atoms. The number of hydrogen-bond acceptors (Lipinski definition) is 5. The van der Waals surface area contributed by atoms with Gasteiger partial charge in [-0.1, -0.05) is 30.3 Å². The molecule has 1 aliphatic rings. The van der Waals surface area contributed by atoms with Crippen molar-refractivity contribution >= 4 is 27.5 Å². The Labute approximate surface area is 166 Å². The van der Waals surface area contributed by atoms with E-state index in [1.54, 1.807) is 16.9 Å². The summed E-state index contributed by atoms with van der Waals surface area (Å²) in [6.45, 7) is 0. The lowest BCUT2D eigenvalue weighted by Crippen LogP contribution is -2.26. The van der Waals surface area contributed by atoms with Crippen LogP contribution in [0, 0.1) is 0 Å². The first-order valence-electron chi connectivity index (χ1n) is 8.34. The Morgan fingerprint density at radius 3 is 2.50 bits per heavy atom. The van der Waals surface area contributed by atoms with Crippen LogP contribution in [0.2, 0.25) is 0 Å². The number of benzene rings is 1. The van der Waals surface area contributed by atoms with Gasteiger partial charge in [-0.05, 0) is 24.1 Å². The molecular formula is C18H19N3O5S2. The van der Waals surface area contributed by atoms with Crippen molar-refractivity contribution in [3.8, 4) is 10.4 Å². The van der Waals surface area contributed by atoms with Gasteiger partial charge in [0.25, 0.3) is 0 Å². The van der Waals surface area contributed by atoms with Crippen LogP contribution >= 0.6 is 11.3 Å². The van der Waals surface area contributed by atoms with Crippen LogP contribution in [-0.4, -0.2) is 40.6 Å². The Morgan fingerprint density at radius 1 is 1.21 bits per heavy atom. The number of carbonyl (C=O) groups is 1. The molecule has 4 rings (SSSR count). The van der Waals surface area contributed by atoms with Crippen molar-refractivity contribution in [2.24, 2.45) is 7.05 Å². The zero-order chi connectivity index (χ0) is 20.3. The highest BCUT2D eigenvalue weighted by atomic mass is 32.2. The van der Waals surface area contributed by atoms with Crippen LogP contribution in [0.4, 0.5) is 4.79 Å². The van der Waals surface area contributed by atoms with Gasteiger partial charge in [-0.25, -0.2) is 17.9 Å². The summed E-state index contributed by atoms with van der Waals surface area (Å²) in [5.41, 5.74) is 2.12. The van der Waals surface area contributed by atoms with Gasteiger partial charge in [0, 0.05) is 35.6 Å². The van der Waals surface area contributed by atoms with Crippen molar-refractivity contribution < 1.29 is 23.4 Å². The quantitative estimate of drug-likeness (QED) is 0.582. The number of sulfonamides is 1. The first-order valence-corrected chi connectivity index (χ1v) is 10.6. The summed E-state index contributed by atoms with van der Waals surface area (Å²) < 4.78 is 30.1. The van der Waals surface area contributed by atoms with E-state index in [1.165, 1.54) is 16.9 Å². The Balaban J connectivity index is 0.000000516. The van der Waals surface area contributed by atoms with Crippen molar-refractivity contribution in [3.63, 3.8) is 0 Å². The maximum absolute atomic E-state index is 12.6. The normalized spacial score (nSPS) is 18.2. The van der Waals surface area contributed by atoms with Crippen molar-refractivity contribution in [1.82, 2.24) is 14.5 Å². The Morgan fingerprint density at radius 2 is 1.89 bits per heavy atom. The Kier molecular flexibility index (Phi) is 5.82. The lowest BCUT2D eigenvalue weighted by Gasteiger charge is -2.04. The van der Waals surface area contributed by atoms with Crippen LogP contribution in [0.3, 0.4) is 0 Å². The predicted molar refractivity (Wildman–Crippen MR) is 105 cm³/mol. The Bertz CT molecular complexity index is 1060. The molecule has 1 aromatic carbocycles. The van der Waals surface area contributed by atoms with Crippen LogP contribution < -0.4 is 4.72 Å². The summed E-state index contributed by atoms with van der Waals surface area (Å²) in [5, 5.41) is 18.1. The molecule has 3 N–H and O–H groups in total. The summed E-state index contributed by atoms with van der Waals surface area (Å²) in [7, 11) is -1.64. The molecule has 2 atom stereocenters. The van der Waals surface area contributed by atoms with Crippen LogP contribution in [0.15, 0.2) is 59.1 Å². The highest BCUT2D eigenvalue weighted by Gasteiger charge is 2.41. The first-order chi connectivity index (χ1) is 13.3. The van der Waals surface area contributed by atoms with E-state index in [1.807, 2.05) is 49.6 Å². The molecule has 3 aromatic rings. The van der Waals surface area contributed by atoms with Gasteiger partial charge in [-0.3, -0.25) is 4.68 Å². The fraction of sp³-hybridized carbons (Fsp3) is 0.222. The summed E-state index contributed by atoms with van der Waals surface area (Å²) >= 11 is 1.27. The smallest absolute Gasteiger partial charge is 0.450 e. The summed E-state index contributed by atoms with van der Waals surface area (Å²) in [4.78, 5) is 9.46. The van der Waals surface area contributed by atoms with E-state index in [0.29, 0.717) is 4.21 Å². The number of rotatable bonds is 5. The standard InChI is InChI=1S/C17H17N3O2S2.CH2O3/c1-20-11-13(10-18-20)16-7-8-17(23-16)24(21,22)19-15-9-14(15)12-5-3-2-4-6-12;2-1(3)4/h2-8,10-11,14-15,19H,9H2,1H3;(H2,2,3,4)/t14-,15+;/m1./s1. The van der Waals surface area contributed by atoms with E-state index in [9.17, 15) is 8.42 Å². The molecule has 10 heteroatoms. The number of hydrogen-bond donors (Lipinski definition) is 3. The number of aromatic nitrogens is 2. The molecule has 28 heavy (non-hydrogen) atoms. The predicted octanol–water partition coefficient (Wildman–Crippen LogP) is 3.21. The largest absolute Gasteiger partial charge is 0.503 e. The molecule has 148 valence electrons. The molecule has 0 aliphatic heterocycles. The van der Waals surface area contributed by atoms with Gasteiger partial charge in [0.05, 0.1) is 6.20 Å². The summed E-state index contributed by atoms with van der Waals surface area (Å²) in [6.07, 6.45) is 2.63. The second kappa shape index (κ2) is 8.13. The Hall–Kier alpha value is -2.69. The second-order valence-electron chi connectivity index (χ2n) is 6.28. The van der Waals surface area contributed by atoms with E-state index in [0.717, 1.165) is 16.9 Å². The second-order valence-corrected chi connectivity index (χ2v) is 9.31. The minimum absolute atomic E-state index is 0.0126. The summed E-state index contributed by atoms with van der Waals surface area (Å²) in [6, 6.07) is 13.5. The van der Waals surface area contributed by atoms with Gasteiger partial charge in [0.15, 0.2) is 0 Å². The lowest BCUT2D eigenvalue weighted by molar-refractivity contribution is 0.137. The fourth-order valence-electron chi connectivity index (χ4n) is 2.82. The molecule has 1 aliphatic carbocycles. The number of nitrogens with one attached hydrogen (secondary N) is 1. The highest BCUT2D eigenvalue weighted by molar-refractivity contribution is 7.91. The molecule has 0 spiro atoms. The molecule has 0 amide bonds. The van der Waals surface area contributed by atoms with Gasteiger partial charge < -0.3 is 10.2 Å². The lowest BCUT2D eigenvalue weighted by atomic mass is 10.1. The number of nitrogens with zero attached hydrogens (tertiary/aromatic N) is 2. The van der Waals surface area contributed by atoms with Crippen LogP contribution in [0.25, 0.3) is 10.4 Å². The van der Waals surface area contributed by atoms with E-state index in [2.05, 4.69) is 9.82 Å². The third-order valence-corrected chi connectivity index (χ3v) is 7.28. The van der Waals surface area contributed by atoms with Gasteiger partial charge in [-0.15, -0.1) is 11.3 Å². The van der Waals surface area contributed by atoms with Gasteiger partial charge in [0.2, 0.25) is 10.0 Å². The van der Waals surface area contributed by atoms with Crippen LogP contribution in [0.1, 0.15) is 17.9 Å². The molecule has 2 heterocycles. The van der Waals surface area contributed by atoms with Crippen molar-refractivity contribution in [2.45, 2.75) is 22.6 Å². The van der Waals surface area contributed by atoms with E-state index in [4.69, 9.17) is 15.0 Å². The molecule has 8 nitrogen and oxygen atoms in total. The molecule has 1 saturated carbocycles. The zero-order valence-corrected chi connectivity index (χ0v) is 16.5. The molecular weight excluding hydrogens is 402 g/mol. The third kappa shape index (κ3) is 4.97. The fourth-order valence-corrected chi connectivity index (χ4v) is 5.41. The SMILES string of the molecule is Cn1cc(-c2ccc(S(=O)(=O)N[C@H]3C[C@@H]3c3ccccc3)s2)cn1.O=C(O)O. The van der Waals surface area contributed by atoms with Crippen molar-refractivity contribution in [3.05, 3.63) is 60.4 Å². The highest BCUT2D eigenvalue weighted by Crippen LogP contribution is 2.42. The zero-order valence-electron chi connectivity index (χ0n) is 14.9.